The van der Waals surface area contributed by atoms with Crippen molar-refractivity contribution in [3.05, 3.63) is 59.2 Å². The molecular formula is C20H27NO3. The maximum absolute atomic E-state index is 12.4. The highest BCUT2D eigenvalue weighted by Gasteiger charge is 2.10. The number of carbonyl (C=O) groups is 1. The summed E-state index contributed by atoms with van der Waals surface area (Å²) in [6, 6.07) is 13.3. The number of rotatable bonds is 6. The lowest BCUT2D eigenvalue weighted by Gasteiger charge is -2.10. The van der Waals surface area contributed by atoms with E-state index >= 15 is 0 Å². The monoisotopic (exact) mass is 329 g/mol. The standard InChI is InChI=1S/C18H21NO3.C2H6/c1-13-4-9-16(22-3)12-17(13)18(20)19-15-7-5-14(6-8-15)10-11-21-2;1-2/h4-9,12H,10-11H2,1-3H3,(H,19,20);1-2H3. The molecule has 0 saturated carbocycles. The van der Waals surface area contributed by atoms with E-state index in [1.807, 2.05) is 57.2 Å². The Morgan fingerprint density at radius 3 is 2.29 bits per heavy atom. The molecular weight excluding hydrogens is 302 g/mol. The third-order valence-electron chi connectivity index (χ3n) is 3.50. The molecule has 0 fully saturated rings. The average Bonchev–Trinajstić information content (AvgIpc) is 2.63. The van der Waals surface area contributed by atoms with Crippen molar-refractivity contribution in [2.75, 3.05) is 26.1 Å². The van der Waals surface area contributed by atoms with Gasteiger partial charge in [0.25, 0.3) is 5.91 Å². The second kappa shape index (κ2) is 10.4. The first-order valence-electron chi connectivity index (χ1n) is 8.18. The zero-order valence-corrected chi connectivity index (χ0v) is 15.2. The third-order valence-corrected chi connectivity index (χ3v) is 3.50. The van der Waals surface area contributed by atoms with E-state index in [0.717, 1.165) is 17.7 Å². The van der Waals surface area contributed by atoms with Gasteiger partial charge in [-0.2, -0.15) is 0 Å². The molecule has 24 heavy (non-hydrogen) atoms. The molecule has 0 saturated heterocycles. The lowest BCUT2D eigenvalue weighted by molar-refractivity contribution is 0.102. The molecule has 0 unspecified atom stereocenters. The third kappa shape index (κ3) is 5.70. The zero-order chi connectivity index (χ0) is 17.9. The molecule has 0 atom stereocenters. The summed E-state index contributed by atoms with van der Waals surface area (Å²) in [6.07, 6.45) is 0.861. The summed E-state index contributed by atoms with van der Waals surface area (Å²) in [4.78, 5) is 12.4. The van der Waals surface area contributed by atoms with Gasteiger partial charge in [0.1, 0.15) is 5.75 Å². The molecule has 4 nitrogen and oxygen atoms in total. The molecule has 2 aromatic carbocycles. The molecule has 0 bridgehead atoms. The van der Waals surface area contributed by atoms with E-state index in [-0.39, 0.29) is 5.91 Å². The molecule has 1 N–H and O–H groups in total. The fourth-order valence-electron chi connectivity index (χ4n) is 2.15. The summed E-state index contributed by atoms with van der Waals surface area (Å²) in [5.74, 6) is 0.534. The van der Waals surface area contributed by atoms with Gasteiger partial charge in [-0.05, 0) is 48.7 Å². The Morgan fingerprint density at radius 2 is 1.71 bits per heavy atom. The maximum atomic E-state index is 12.4. The van der Waals surface area contributed by atoms with Crippen LogP contribution >= 0.6 is 0 Å². The van der Waals surface area contributed by atoms with E-state index in [4.69, 9.17) is 9.47 Å². The Kier molecular flexibility index (Phi) is 8.58. The van der Waals surface area contributed by atoms with Crippen LogP contribution in [0, 0.1) is 6.92 Å². The number of nitrogens with one attached hydrogen (secondary N) is 1. The van der Waals surface area contributed by atoms with E-state index in [2.05, 4.69) is 5.32 Å². The molecule has 0 radical (unpaired) electrons. The van der Waals surface area contributed by atoms with Gasteiger partial charge in [0.2, 0.25) is 0 Å². The molecule has 0 aliphatic rings. The van der Waals surface area contributed by atoms with Crippen molar-refractivity contribution in [1.29, 1.82) is 0 Å². The molecule has 0 aliphatic carbocycles. The maximum Gasteiger partial charge on any atom is 0.256 e. The van der Waals surface area contributed by atoms with Crippen LogP contribution in [0.1, 0.15) is 35.3 Å². The summed E-state index contributed by atoms with van der Waals surface area (Å²) in [5.41, 5.74) is 3.48. The molecule has 2 aromatic rings. The van der Waals surface area contributed by atoms with Crippen LogP contribution in [0.4, 0.5) is 5.69 Å². The number of methoxy groups -OCH3 is 2. The zero-order valence-electron chi connectivity index (χ0n) is 15.2. The fraction of sp³-hybridized carbons (Fsp3) is 0.350. The summed E-state index contributed by atoms with van der Waals surface area (Å²) >= 11 is 0. The Balaban J connectivity index is 0.00000139. The number of aryl methyl sites for hydroxylation is 1. The number of hydrogen-bond donors (Lipinski definition) is 1. The molecule has 0 heterocycles. The highest BCUT2D eigenvalue weighted by atomic mass is 16.5. The van der Waals surface area contributed by atoms with Crippen molar-refractivity contribution >= 4 is 11.6 Å². The van der Waals surface area contributed by atoms with Crippen LogP contribution in [0.15, 0.2) is 42.5 Å². The van der Waals surface area contributed by atoms with Gasteiger partial charge in [-0.3, -0.25) is 4.79 Å². The van der Waals surface area contributed by atoms with E-state index in [0.29, 0.717) is 17.9 Å². The highest BCUT2D eigenvalue weighted by molar-refractivity contribution is 6.05. The van der Waals surface area contributed by atoms with Crippen LogP contribution in [-0.4, -0.2) is 26.7 Å². The van der Waals surface area contributed by atoms with Gasteiger partial charge in [0.15, 0.2) is 0 Å². The molecule has 4 heteroatoms. The van der Waals surface area contributed by atoms with Gasteiger partial charge < -0.3 is 14.8 Å². The smallest absolute Gasteiger partial charge is 0.256 e. The average molecular weight is 329 g/mol. The van der Waals surface area contributed by atoms with Crippen molar-refractivity contribution in [2.45, 2.75) is 27.2 Å². The first-order valence-corrected chi connectivity index (χ1v) is 8.18. The van der Waals surface area contributed by atoms with Gasteiger partial charge >= 0.3 is 0 Å². The van der Waals surface area contributed by atoms with E-state index in [1.165, 1.54) is 5.56 Å². The lowest BCUT2D eigenvalue weighted by atomic mass is 10.1. The molecule has 130 valence electrons. The van der Waals surface area contributed by atoms with Crippen LogP contribution in [-0.2, 0) is 11.2 Å². The fourth-order valence-corrected chi connectivity index (χ4v) is 2.15. The van der Waals surface area contributed by atoms with Crippen LogP contribution < -0.4 is 10.1 Å². The Labute approximate surface area is 144 Å². The number of amides is 1. The van der Waals surface area contributed by atoms with Crippen LogP contribution in [0.25, 0.3) is 0 Å². The molecule has 0 aliphatic heterocycles. The number of benzene rings is 2. The Bertz CT molecular complexity index is 636. The van der Waals surface area contributed by atoms with Gasteiger partial charge in [0.05, 0.1) is 13.7 Å². The quantitative estimate of drug-likeness (QED) is 0.850. The summed E-state index contributed by atoms with van der Waals surface area (Å²) in [7, 11) is 3.27. The van der Waals surface area contributed by atoms with Gasteiger partial charge in [0, 0.05) is 18.4 Å². The first-order chi connectivity index (χ1) is 11.6. The SMILES string of the molecule is CC.COCCc1ccc(NC(=O)c2cc(OC)ccc2C)cc1. The summed E-state index contributed by atoms with van der Waals surface area (Å²) < 4.78 is 10.2. The number of hydrogen-bond acceptors (Lipinski definition) is 3. The van der Waals surface area contributed by atoms with Crippen LogP contribution in [0.2, 0.25) is 0 Å². The van der Waals surface area contributed by atoms with E-state index in [9.17, 15) is 4.79 Å². The largest absolute Gasteiger partial charge is 0.497 e. The predicted octanol–water partition coefficient (Wildman–Crippen LogP) is 4.47. The minimum Gasteiger partial charge on any atom is -0.497 e. The minimum atomic E-state index is -0.138. The number of ether oxygens (including phenoxy) is 2. The van der Waals surface area contributed by atoms with Crippen molar-refractivity contribution in [3.63, 3.8) is 0 Å². The van der Waals surface area contributed by atoms with Gasteiger partial charge in [-0.15, -0.1) is 0 Å². The normalized spacial score (nSPS) is 9.71. The Hall–Kier alpha value is -2.33. The van der Waals surface area contributed by atoms with Crippen LogP contribution in [0.5, 0.6) is 5.75 Å². The highest BCUT2D eigenvalue weighted by Crippen LogP contribution is 2.19. The van der Waals surface area contributed by atoms with E-state index < -0.39 is 0 Å². The van der Waals surface area contributed by atoms with Crippen molar-refractivity contribution < 1.29 is 14.3 Å². The molecule has 1 amide bonds. The topological polar surface area (TPSA) is 47.6 Å². The van der Waals surface area contributed by atoms with Gasteiger partial charge in [-0.1, -0.05) is 32.0 Å². The summed E-state index contributed by atoms with van der Waals surface area (Å²) in [6.45, 7) is 6.59. The minimum absolute atomic E-state index is 0.138. The molecule has 0 aromatic heterocycles. The predicted molar refractivity (Wildman–Crippen MR) is 99.1 cm³/mol. The second-order valence-corrected chi connectivity index (χ2v) is 5.07. The first kappa shape index (κ1) is 19.7. The van der Waals surface area contributed by atoms with E-state index in [1.54, 1.807) is 20.3 Å². The van der Waals surface area contributed by atoms with Gasteiger partial charge in [-0.25, -0.2) is 0 Å². The summed E-state index contributed by atoms with van der Waals surface area (Å²) in [5, 5.41) is 2.91. The van der Waals surface area contributed by atoms with Crippen molar-refractivity contribution in [2.24, 2.45) is 0 Å². The van der Waals surface area contributed by atoms with Crippen molar-refractivity contribution in [3.8, 4) is 5.75 Å². The van der Waals surface area contributed by atoms with Crippen molar-refractivity contribution in [1.82, 2.24) is 0 Å². The number of anilines is 1. The van der Waals surface area contributed by atoms with Crippen LogP contribution in [0.3, 0.4) is 0 Å². The molecule has 0 spiro atoms. The number of carbonyl (C=O) groups excluding carboxylic acids is 1. The second-order valence-electron chi connectivity index (χ2n) is 5.07. The lowest BCUT2D eigenvalue weighted by Crippen LogP contribution is -2.13. The Morgan fingerprint density at radius 1 is 1.04 bits per heavy atom. The molecule has 2 rings (SSSR count).